The number of hydrogen-bond donors (Lipinski definition) is 1. The summed E-state index contributed by atoms with van der Waals surface area (Å²) < 4.78 is 10.5. The van der Waals surface area contributed by atoms with Crippen molar-refractivity contribution < 1.29 is 23.9 Å². The van der Waals surface area contributed by atoms with Crippen molar-refractivity contribution in [3.8, 4) is 0 Å². The first-order chi connectivity index (χ1) is 11.8. The zero-order valence-electron chi connectivity index (χ0n) is 14.7. The minimum atomic E-state index is -0.631. The maximum absolute atomic E-state index is 12.2. The maximum atomic E-state index is 12.2. The van der Waals surface area contributed by atoms with Crippen molar-refractivity contribution in [1.29, 1.82) is 0 Å². The Morgan fingerprint density at radius 2 is 1.92 bits per heavy atom. The number of rotatable bonds is 4. The van der Waals surface area contributed by atoms with Crippen molar-refractivity contribution in [1.82, 2.24) is 10.2 Å². The van der Waals surface area contributed by atoms with E-state index in [-0.39, 0.29) is 19.7 Å². The third kappa shape index (κ3) is 5.77. The number of hydrogen-bond acceptors (Lipinski definition) is 5. The van der Waals surface area contributed by atoms with E-state index in [0.29, 0.717) is 0 Å². The number of amides is 2. The molecule has 1 aliphatic rings. The number of benzene rings is 1. The molecule has 1 saturated heterocycles. The number of carbonyl (C=O) groups excluding carboxylic acids is 3. The molecule has 136 valence electrons. The molecule has 0 aliphatic carbocycles. The van der Waals surface area contributed by atoms with Crippen LogP contribution < -0.4 is 5.32 Å². The number of likely N-dealkylation sites (tertiary alicyclic amines) is 1. The lowest BCUT2D eigenvalue weighted by Crippen LogP contribution is -2.44. The second kappa shape index (κ2) is 8.00. The molecular formula is C18H24N2O5. The Labute approximate surface area is 147 Å². The summed E-state index contributed by atoms with van der Waals surface area (Å²) in [6.07, 6.45) is -0.375. The smallest absolute Gasteiger partial charge is 0.410 e. The van der Waals surface area contributed by atoms with Gasteiger partial charge in [-0.25, -0.2) is 9.59 Å². The molecule has 2 amide bonds. The number of nitrogens with zero attached hydrogens (tertiary/aromatic N) is 1. The highest BCUT2D eigenvalue weighted by Crippen LogP contribution is 2.18. The van der Waals surface area contributed by atoms with Gasteiger partial charge in [-0.05, 0) is 26.3 Å². The Hall–Kier alpha value is -2.57. The van der Waals surface area contributed by atoms with Crippen LogP contribution >= 0.6 is 0 Å². The molecule has 0 radical (unpaired) electrons. The van der Waals surface area contributed by atoms with Crippen molar-refractivity contribution in [3.05, 3.63) is 35.9 Å². The van der Waals surface area contributed by atoms with Crippen LogP contribution in [0.15, 0.2) is 30.3 Å². The molecule has 7 nitrogen and oxygen atoms in total. The molecule has 2 atom stereocenters. The van der Waals surface area contributed by atoms with E-state index in [0.717, 1.165) is 11.8 Å². The van der Waals surface area contributed by atoms with Gasteiger partial charge in [0.25, 0.3) is 0 Å². The second-order valence-electron chi connectivity index (χ2n) is 7.00. The summed E-state index contributed by atoms with van der Waals surface area (Å²) in [5, 5.41) is 2.65. The molecule has 7 heteroatoms. The van der Waals surface area contributed by atoms with Crippen LogP contribution in [-0.2, 0) is 20.9 Å². The standard InChI is InChI=1S/C18H24N2O5/c1-18(2,3)25-16(22)19-15-10-20(9-14(15)11-21)17(23)24-12-13-7-5-4-6-8-13/h4-8,11,14-15H,9-10,12H2,1-3H3,(H,19,22)/t14-,15+/m0/s1. The van der Waals surface area contributed by atoms with E-state index in [1.165, 1.54) is 4.90 Å². The minimum Gasteiger partial charge on any atom is -0.445 e. The molecule has 0 unspecified atom stereocenters. The average molecular weight is 348 g/mol. The van der Waals surface area contributed by atoms with Crippen molar-refractivity contribution in [2.24, 2.45) is 5.92 Å². The van der Waals surface area contributed by atoms with E-state index in [1.807, 2.05) is 30.3 Å². The van der Waals surface area contributed by atoms with Gasteiger partial charge in [0.05, 0.1) is 12.0 Å². The first-order valence-corrected chi connectivity index (χ1v) is 8.19. The molecule has 1 heterocycles. The zero-order valence-corrected chi connectivity index (χ0v) is 14.7. The molecule has 2 rings (SSSR count). The molecule has 0 saturated carbocycles. The molecule has 1 N–H and O–H groups in total. The molecule has 1 aromatic rings. The fraction of sp³-hybridized carbons (Fsp3) is 0.500. The molecule has 25 heavy (non-hydrogen) atoms. The van der Waals surface area contributed by atoms with E-state index >= 15 is 0 Å². The minimum absolute atomic E-state index is 0.159. The van der Waals surface area contributed by atoms with E-state index in [1.54, 1.807) is 20.8 Å². The normalized spacial score (nSPS) is 20.0. The van der Waals surface area contributed by atoms with E-state index in [9.17, 15) is 14.4 Å². The predicted octanol–water partition coefficient (Wildman–Crippen LogP) is 2.35. The van der Waals surface area contributed by atoms with Crippen LogP contribution in [0.5, 0.6) is 0 Å². The summed E-state index contributed by atoms with van der Waals surface area (Å²) in [6.45, 7) is 5.84. The Morgan fingerprint density at radius 1 is 1.24 bits per heavy atom. The summed E-state index contributed by atoms with van der Waals surface area (Å²) in [7, 11) is 0. The lowest BCUT2D eigenvalue weighted by Gasteiger charge is -2.22. The van der Waals surface area contributed by atoms with Gasteiger partial charge >= 0.3 is 12.2 Å². The number of nitrogens with one attached hydrogen (secondary N) is 1. The van der Waals surface area contributed by atoms with Gasteiger partial charge in [0.15, 0.2) is 0 Å². The largest absolute Gasteiger partial charge is 0.445 e. The highest BCUT2D eigenvalue weighted by Gasteiger charge is 2.37. The first kappa shape index (κ1) is 18.8. The highest BCUT2D eigenvalue weighted by atomic mass is 16.6. The van der Waals surface area contributed by atoms with E-state index in [2.05, 4.69) is 5.32 Å². The van der Waals surface area contributed by atoms with Gasteiger partial charge in [-0.1, -0.05) is 30.3 Å². The third-order valence-electron chi connectivity index (χ3n) is 3.71. The van der Waals surface area contributed by atoms with Crippen molar-refractivity contribution in [3.63, 3.8) is 0 Å². The Kier molecular flexibility index (Phi) is 6.01. The molecule has 1 fully saturated rings. The van der Waals surface area contributed by atoms with Crippen LogP contribution in [-0.4, -0.2) is 48.1 Å². The van der Waals surface area contributed by atoms with Crippen molar-refractivity contribution in [2.75, 3.05) is 13.1 Å². The molecule has 1 aliphatic heterocycles. The lowest BCUT2D eigenvalue weighted by atomic mass is 10.1. The number of alkyl carbamates (subject to hydrolysis) is 1. The van der Waals surface area contributed by atoms with Crippen LogP contribution in [0.3, 0.4) is 0 Å². The summed E-state index contributed by atoms with van der Waals surface area (Å²) in [5.41, 5.74) is 0.249. The Balaban J connectivity index is 1.88. The molecule has 0 aromatic heterocycles. The van der Waals surface area contributed by atoms with E-state index in [4.69, 9.17) is 9.47 Å². The summed E-state index contributed by atoms with van der Waals surface area (Å²) in [4.78, 5) is 36.7. The summed E-state index contributed by atoms with van der Waals surface area (Å²) in [6, 6.07) is 8.84. The average Bonchev–Trinajstić information content (AvgIpc) is 2.94. The fourth-order valence-electron chi connectivity index (χ4n) is 2.54. The topological polar surface area (TPSA) is 84.9 Å². The quantitative estimate of drug-likeness (QED) is 0.844. The van der Waals surface area contributed by atoms with Crippen LogP contribution in [0.2, 0.25) is 0 Å². The van der Waals surface area contributed by atoms with E-state index < -0.39 is 29.7 Å². The monoisotopic (exact) mass is 348 g/mol. The summed E-state index contributed by atoms with van der Waals surface area (Å²) >= 11 is 0. The van der Waals surface area contributed by atoms with Gasteiger partial charge in [-0.15, -0.1) is 0 Å². The molecule has 0 bridgehead atoms. The van der Waals surface area contributed by atoms with Crippen LogP contribution in [0.1, 0.15) is 26.3 Å². The second-order valence-corrected chi connectivity index (χ2v) is 7.00. The number of aldehydes is 1. The highest BCUT2D eigenvalue weighted by molar-refractivity contribution is 5.72. The van der Waals surface area contributed by atoms with Gasteiger partial charge in [0.1, 0.15) is 18.5 Å². The Bertz CT molecular complexity index is 612. The van der Waals surface area contributed by atoms with Crippen molar-refractivity contribution >= 4 is 18.5 Å². The van der Waals surface area contributed by atoms with Gasteiger partial charge in [-0.2, -0.15) is 0 Å². The third-order valence-corrected chi connectivity index (χ3v) is 3.71. The SMILES string of the molecule is CC(C)(C)OC(=O)N[C@@H]1CN(C(=O)OCc2ccccc2)C[C@H]1C=O. The molecular weight excluding hydrogens is 324 g/mol. The van der Waals surface area contributed by atoms with Crippen LogP contribution in [0, 0.1) is 5.92 Å². The molecule has 0 spiro atoms. The zero-order chi connectivity index (χ0) is 18.4. The lowest BCUT2D eigenvalue weighted by molar-refractivity contribution is -0.111. The van der Waals surface area contributed by atoms with Crippen LogP contribution in [0.25, 0.3) is 0 Å². The van der Waals surface area contributed by atoms with Gasteiger partial charge in [0.2, 0.25) is 0 Å². The first-order valence-electron chi connectivity index (χ1n) is 8.19. The van der Waals surface area contributed by atoms with Gasteiger partial charge in [-0.3, -0.25) is 0 Å². The predicted molar refractivity (Wildman–Crippen MR) is 90.9 cm³/mol. The summed E-state index contributed by atoms with van der Waals surface area (Å²) in [5.74, 6) is -0.489. The number of ether oxygens (including phenoxy) is 2. The number of carbonyl (C=O) groups is 3. The van der Waals surface area contributed by atoms with Gasteiger partial charge in [0, 0.05) is 13.1 Å². The van der Waals surface area contributed by atoms with Gasteiger partial charge < -0.3 is 24.5 Å². The maximum Gasteiger partial charge on any atom is 0.410 e. The molecule has 1 aromatic carbocycles. The fourth-order valence-corrected chi connectivity index (χ4v) is 2.54. The van der Waals surface area contributed by atoms with Crippen molar-refractivity contribution in [2.45, 2.75) is 39.0 Å². The Morgan fingerprint density at radius 3 is 2.52 bits per heavy atom. The van der Waals surface area contributed by atoms with Crippen LogP contribution in [0.4, 0.5) is 9.59 Å².